The molecule has 1 aromatic rings. The number of benzene rings is 1. The van der Waals surface area contributed by atoms with E-state index in [0.717, 1.165) is 6.07 Å². The van der Waals surface area contributed by atoms with Gasteiger partial charge >= 0.3 is 5.97 Å². The van der Waals surface area contributed by atoms with Crippen LogP contribution >= 0.6 is 11.6 Å². The van der Waals surface area contributed by atoms with E-state index in [2.05, 4.69) is 5.32 Å². The van der Waals surface area contributed by atoms with E-state index >= 15 is 0 Å². The summed E-state index contributed by atoms with van der Waals surface area (Å²) in [6.07, 6.45) is 0. The van der Waals surface area contributed by atoms with Crippen molar-refractivity contribution in [1.82, 2.24) is 0 Å². The summed E-state index contributed by atoms with van der Waals surface area (Å²) in [5.41, 5.74) is 0.409. The Morgan fingerprint density at radius 2 is 2.06 bits per heavy atom. The summed E-state index contributed by atoms with van der Waals surface area (Å²) in [5, 5.41) is 11.1. The van der Waals surface area contributed by atoms with Crippen LogP contribution in [-0.2, 0) is 9.59 Å². The van der Waals surface area contributed by atoms with E-state index in [1.807, 2.05) is 0 Å². The Bertz CT molecular complexity index is 476. The Kier molecular flexibility index (Phi) is 4.07. The summed E-state index contributed by atoms with van der Waals surface area (Å²) in [6.45, 7) is 2.77. The summed E-state index contributed by atoms with van der Waals surface area (Å²) >= 11 is 5.80. The number of rotatable bonds is 3. The number of halogens is 2. The second kappa shape index (κ2) is 5.14. The number of carboxylic acid groups (broad SMARTS) is 1. The quantitative estimate of drug-likeness (QED) is 0.820. The molecule has 1 unspecified atom stereocenters. The van der Waals surface area contributed by atoms with E-state index in [-0.39, 0.29) is 10.7 Å². The summed E-state index contributed by atoms with van der Waals surface area (Å²) in [6, 6.07) is 2.42. The lowest BCUT2D eigenvalue weighted by molar-refractivity contribution is -0.144. The first-order chi connectivity index (χ1) is 7.82. The number of hydrogen-bond donors (Lipinski definition) is 2. The molecule has 0 heterocycles. The molecule has 0 aliphatic carbocycles. The lowest BCUT2D eigenvalue weighted by Gasteiger charge is -2.10. The van der Waals surface area contributed by atoms with Gasteiger partial charge in [-0.25, -0.2) is 4.39 Å². The first-order valence-electron chi connectivity index (χ1n) is 4.82. The molecule has 0 fully saturated rings. The molecule has 2 N–H and O–H groups in total. The summed E-state index contributed by atoms with van der Waals surface area (Å²) in [4.78, 5) is 22.0. The Hall–Kier alpha value is -1.62. The average molecular weight is 260 g/mol. The molecule has 1 amide bonds. The molecule has 0 saturated heterocycles. The van der Waals surface area contributed by atoms with Crippen LogP contribution < -0.4 is 5.32 Å². The molecular formula is C11H11ClFNO3. The summed E-state index contributed by atoms with van der Waals surface area (Å²) in [5.74, 6) is -3.75. The van der Waals surface area contributed by atoms with Gasteiger partial charge in [-0.2, -0.15) is 0 Å². The van der Waals surface area contributed by atoms with Gasteiger partial charge in [0.05, 0.1) is 10.7 Å². The van der Waals surface area contributed by atoms with Crippen molar-refractivity contribution in [3.05, 3.63) is 28.5 Å². The zero-order valence-corrected chi connectivity index (χ0v) is 10.0. The maximum absolute atomic E-state index is 13.2. The Morgan fingerprint density at radius 1 is 1.47 bits per heavy atom. The molecule has 0 aliphatic heterocycles. The van der Waals surface area contributed by atoms with Crippen molar-refractivity contribution in [1.29, 1.82) is 0 Å². The number of carbonyl (C=O) groups is 2. The highest BCUT2D eigenvalue weighted by molar-refractivity contribution is 6.33. The minimum absolute atomic E-state index is 0.0628. The van der Waals surface area contributed by atoms with Gasteiger partial charge in [-0.15, -0.1) is 0 Å². The third-order valence-electron chi connectivity index (χ3n) is 2.27. The largest absolute Gasteiger partial charge is 0.481 e. The minimum atomic E-state index is -1.26. The highest BCUT2D eigenvalue weighted by Crippen LogP contribution is 2.25. The number of aryl methyl sites for hydroxylation is 1. The first-order valence-corrected chi connectivity index (χ1v) is 5.20. The molecule has 0 spiro atoms. The fraction of sp³-hybridized carbons (Fsp3) is 0.273. The van der Waals surface area contributed by atoms with Gasteiger partial charge in [0.1, 0.15) is 11.7 Å². The van der Waals surface area contributed by atoms with Crippen LogP contribution in [0.25, 0.3) is 0 Å². The highest BCUT2D eigenvalue weighted by Gasteiger charge is 2.21. The molecule has 0 bridgehead atoms. The molecular weight excluding hydrogens is 249 g/mol. The predicted octanol–water partition coefficient (Wildman–Crippen LogP) is 2.45. The van der Waals surface area contributed by atoms with Gasteiger partial charge in [-0.1, -0.05) is 11.6 Å². The first kappa shape index (κ1) is 13.4. The van der Waals surface area contributed by atoms with Crippen molar-refractivity contribution in [3.63, 3.8) is 0 Å². The van der Waals surface area contributed by atoms with Gasteiger partial charge in [0.2, 0.25) is 5.91 Å². The SMILES string of the molecule is Cc1cc(Cl)c(NC(=O)C(C)C(=O)O)cc1F. The normalized spacial score (nSPS) is 12.0. The Labute approximate surface area is 102 Å². The summed E-state index contributed by atoms with van der Waals surface area (Å²) in [7, 11) is 0. The molecule has 17 heavy (non-hydrogen) atoms. The van der Waals surface area contributed by atoms with E-state index in [1.165, 1.54) is 19.9 Å². The van der Waals surface area contributed by atoms with E-state index in [0.29, 0.717) is 5.56 Å². The van der Waals surface area contributed by atoms with E-state index in [9.17, 15) is 14.0 Å². The van der Waals surface area contributed by atoms with Crippen molar-refractivity contribution >= 4 is 29.2 Å². The van der Waals surface area contributed by atoms with Gasteiger partial charge in [0.25, 0.3) is 0 Å². The lowest BCUT2D eigenvalue weighted by atomic mass is 10.1. The maximum Gasteiger partial charge on any atom is 0.315 e. The molecule has 92 valence electrons. The van der Waals surface area contributed by atoms with Gasteiger partial charge in [0.15, 0.2) is 0 Å². The van der Waals surface area contributed by atoms with E-state index in [4.69, 9.17) is 16.7 Å². The second-order valence-electron chi connectivity index (χ2n) is 3.63. The lowest BCUT2D eigenvalue weighted by Crippen LogP contribution is -2.27. The minimum Gasteiger partial charge on any atom is -0.481 e. The number of anilines is 1. The molecule has 0 saturated carbocycles. The number of carboxylic acids is 1. The van der Waals surface area contributed by atoms with Crippen molar-refractivity contribution in [2.45, 2.75) is 13.8 Å². The van der Waals surface area contributed by atoms with Crippen molar-refractivity contribution in [2.24, 2.45) is 5.92 Å². The predicted molar refractivity (Wildman–Crippen MR) is 61.6 cm³/mol. The van der Waals surface area contributed by atoms with Gasteiger partial charge < -0.3 is 10.4 Å². The number of hydrogen-bond acceptors (Lipinski definition) is 2. The zero-order chi connectivity index (χ0) is 13.2. The van der Waals surface area contributed by atoms with Crippen LogP contribution in [0.2, 0.25) is 5.02 Å². The zero-order valence-electron chi connectivity index (χ0n) is 9.25. The van der Waals surface area contributed by atoms with Gasteiger partial charge in [-0.3, -0.25) is 9.59 Å². The average Bonchev–Trinajstić information content (AvgIpc) is 2.24. The third kappa shape index (κ3) is 3.17. The molecule has 1 aromatic carbocycles. The smallest absolute Gasteiger partial charge is 0.315 e. The molecule has 6 heteroatoms. The van der Waals surface area contributed by atoms with Crippen LogP contribution in [0, 0.1) is 18.7 Å². The van der Waals surface area contributed by atoms with Crippen LogP contribution in [0.15, 0.2) is 12.1 Å². The molecule has 0 aromatic heterocycles. The molecule has 4 nitrogen and oxygen atoms in total. The molecule has 1 atom stereocenters. The van der Waals surface area contributed by atoms with Crippen LogP contribution in [-0.4, -0.2) is 17.0 Å². The van der Waals surface area contributed by atoms with Gasteiger partial charge in [0, 0.05) is 0 Å². The van der Waals surface area contributed by atoms with E-state index < -0.39 is 23.6 Å². The maximum atomic E-state index is 13.2. The highest BCUT2D eigenvalue weighted by atomic mass is 35.5. The number of carbonyl (C=O) groups excluding carboxylic acids is 1. The monoisotopic (exact) mass is 259 g/mol. The van der Waals surface area contributed by atoms with Crippen molar-refractivity contribution in [3.8, 4) is 0 Å². The summed E-state index contributed by atoms with van der Waals surface area (Å²) < 4.78 is 13.2. The van der Waals surface area contributed by atoms with Crippen LogP contribution in [0.4, 0.5) is 10.1 Å². The third-order valence-corrected chi connectivity index (χ3v) is 2.58. The van der Waals surface area contributed by atoms with Crippen molar-refractivity contribution < 1.29 is 19.1 Å². The standard InChI is InChI=1S/C11H11ClFNO3/c1-5-3-7(12)9(4-8(5)13)14-10(15)6(2)11(16)17/h3-4,6H,1-2H3,(H,14,15)(H,16,17). The second-order valence-corrected chi connectivity index (χ2v) is 4.04. The van der Waals surface area contributed by atoms with Gasteiger partial charge in [-0.05, 0) is 31.5 Å². The fourth-order valence-electron chi connectivity index (χ4n) is 1.10. The fourth-order valence-corrected chi connectivity index (χ4v) is 1.36. The molecule has 1 rings (SSSR count). The van der Waals surface area contributed by atoms with Crippen molar-refractivity contribution in [2.75, 3.05) is 5.32 Å². The topological polar surface area (TPSA) is 66.4 Å². The van der Waals surface area contributed by atoms with Crippen LogP contribution in [0.1, 0.15) is 12.5 Å². The van der Waals surface area contributed by atoms with Crippen LogP contribution in [0.3, 0.4) is 0 Å². The van der Waals surface area contributed by atoms with Crippen LogP contribution in [0.5, 0.6) is 0 Å². The number of nitrogens with one attached hydrogen (secondary N) is 1. The van der Waals surface area contributed by atoms with E-state index in [1.54, 1.807) is 0 Å². The Balaban J connectivity index is 2.93. The number of aliphatic carboxylic acids is 1. The Morgan fingerprint density at radius 3 is 2.59 bits per heavy atom. The molecule has 0 aliphatic rings. The molecule has 0 radical (unpaired) electrons. The number of amides is 1.